The van der Waals surface area contributed by atoms with Crippen molar-refractivity contribution in [2.24, 2.45) is 5.92 Å². The lowest BCUT2D eigenvalue weighted by Crippen LogP contribution is -2.26. The number of fused-ring (bicyclic) bond motifs is 1. The van der Waals surface area contributed by atoms with Crippen molar-refractivity contribution < 1.29 is 4.39 Å². The van der Waals surface area contributed by atoms with Gasteiger partial charge in [0.1, 0.15) is 5.82 Å². The van der Waals surface area contributed by atoms with Gasteiger partial charge in [-0.05, 0) is 43.0 Å². The van der Waals surface area contributed by atoms with E-state index < -0.39 is 5.56 Å². The van der Waals surface area contributed by atoms with Crippen LogP contribution >= 0.6 is 0 Å². The molecule has 1 aliphatic carbocycles. The van der Waals surface area contributed by atoms with E-state index in [4.69, 9.17) is 0 Å². The van der Waals surface area contributed by atoms with Crippen LogP contribution in [-0.2, 0) is 6.54 Å². The zero-order valence-electron chi connectivity index (χ0n) is 13.8. The van der Waals surface area contributed by atoms with Crippen molar-refractivity contribution in [3.8, 4) is 5.69 Å². The molecular weight excluding hydrogens is 323 g/mol. The lowest BCUT2D eigenvalue weighted by atomic mass is 9.89. The molecule has 0 bridgehead atoms. The van der Waals surface area contributed by atoms with Gasteiger partial charge in [-0.25, -0.2) is 18.3 Å². The summed E-state index contributed by atoms with van der Waals surface area (Å²) >= 11 is 0. The molecule has 0 aliphatic heterocycles. The molecule has 0 spiro atoms. The first-order valence-corrected chi connectivity index (χ1v) is 8.60. The molecule has 0 unspecified atom stereocenters. The van der Waals surface area contributed by atoms with Gasteiger partial charge in [-0.15, -0.1) is 5.10 Å². The lowest BCUT2D eigenvalue weighted by Gasteiger charge is -2.20. The van der Waals surface area contributed by atoms with Gasteiger partial charge in [-0.1, -0.05) is 19.3 Å². The van der Waals surface area contributed by atoms with Crippen LogP contribution in [0.15, 0.2) is 46.2 Å². The molecule has 1 aromatic carbocycles. The van der Waals surface area contributed by atoms with Crippen LogP contribution in [0.5, 0.6) is 0 Å². The molecule has 0 N–H and O–H groups in total. The fourth-order valence-electron chi connectivity index (χ4n) is 3.55. The lowest BCUT2D eigenvalue weighted by molar-refractivity contribution is 0.304. The number of hydrogen-bond acceptors (Lipinski definition) is 3. The van der Waals surface area contributed by atoms with Crippen molar-refractivity contribution in [1.29, 1.82) is 0 Å². The SMILES string of the molecule is O=c1c2nn(CC3CCCCC3)c(=O)n2ccn1-c1ccc(F)cc1. The summed E-state index contributed by atoms with van der Waals surface area (Å²) in [4.78, 5) is 25.2. The summed E-state index contributed by atoms with van der Waals surface area (Å²) < 4.78 is 17.1. The average molecular weight is 342 g/mol. The molecule has 0 saturated heterocycles. The molecule has 6 nitrogen and oxygen atoms in total. The van der Waals surface area contributed by atoms with E-state index in [-0.39, 0.29) is 17.2 Å². The van der Waals surface area contributed by atoms with Gasteiger partial charge in [0, 0.05) is 24.6 Å². The summed E-state index contributed by atoms with van der Waals surface area (Å²) in [6.07, 6.45) is 8.86. The summed E-state index contributed by atoms with van der Waals surface area (Å²) in [5.41, 5.74) is -0.0617. The molecular formula is C18H19FN4O2. The van der Waals surface area contributed by atoms with Crippen molar-refractivity contribution in [3.63, 3.8) is 0 Å². The Morgan fingerprint density at radius 3 is 2.48 bits per heavy atom. The maximum Gasteiger partial charge on any atom is 0.350 e. The second kappa shape index (κ2) is 6.31. The maximum atomic E-state index is 13.1. The van der Waals surface area contributed by atoms with Gasteiger partial charge in [0.15, 0.2) is 0 Å². The summed E-state index contributed by atoms with van der Waals surface area (Å²) in [7, 11) is 0. The van der Waals surface area contributed by atoms with Crippen molar-refractivity contribution >= 4 is 5.65 Å². The van der Waals surface area contributed by atoms with Gasteiger partial charge in [-0.2, -0.15) is 0 Å². The van der Waals surface area contributed by atoms with Gasteiger partial charge in [0.25, 0.3) is 0 Å². The Labute approximate surface area is 143 Å². The normalized spacial score (nSPS) is 15.7. The summed E-state index contributed by atoms with van der Waals surface area (Å²) in [6.45, 7) is 0.552. The third kappa shape index (κ3) is 2.90. The number of benzene rings is 1. The first-order valence-electron chi connectivity index (χ1n) is 8.60. The molecule has 0 atom stereocenters. The Bertz CT molecular complexity index is 1010. The standard InChI is InChI=1S/C18H19FN4O2/c19-14-6-8-15(9-7-14)21-10-11-22-16(17(21)24)20-23(18(22)25)12-13-4-2-1-3-5-13/h6-11,13H,1-5,12H2. The maximum absolute atomic E-state index is 13.1. The molecule has 2 aromatic heterocycles. The third-order valence-corrected chi connectivity index (χ3v) is 4.91. The third-order valence-electron chi connectivity index (χ3n) is 4.91. The second-order valence-corrected chi connectivity index (χ2v) is 6.61. The van der Waals surface area contributed by atoms with Crippen LogP contribution in [0.2, 0.25) is 0 Å². The number of aromatic nitrogens is 4. The van der Waals surface area contributed by atoms with E-state index in [0.29, 0.717) is 18.2 Å². The highest BCUT2D eigenvalue weighted by Gasteiger charge is 2.18. The van der Waals surface area contributed by atoms with Gasteiger partial charge in [0.05, 0.1) is 0 Å². The quantitative estimate of drug-likeness (QED) is 0.734. The van der Waals surface area contributed by atoms with E-state index in [9.17, 15) is 14.0 Å². The van der Waals surface area contributed by atoms with E-state index in [2.05, 4.69) is 5.10 Å². The Kier molecular flexibility index (Phi) is 3.99. The van der Waals surface area contributed by atoms with Gasteiger partial charge < -0.3 is 0 Å². The highest BCUT2D eigenvalue weighted by atomic mass is 19.1. The topological polar surface area (TPSA) is 61.3 Å². The number of hydrogen-bond donors (Lipinski definition) is 0. The molecule has 130 valence electrons. The zero-order chi connectivity index (χ0) is 17.4. The van der Waals surface area contributed by atoms with E-state index in [0.717, 1.165) is 12.8 Å². The van der Waals surface area contributed by atoms with Crippen LogP contribution in [0, 0.1) is 11.7 Å². The van der Waals surface area contributed by atoms with Gasteiger partial charge >= 0.3 is 11.2 Å². The van der Waals surface area contributed by atoms with Crippen LogP contribution in [-0.4, -0.2) is 18.7 Å². The minimum absolute atomic E-state index is 0.0904. The molecule has 0 radical (unpaired) electrons. The van der Waals surface area contributed by atoms with Crippen molar-refractivity contribution in [2.75, 3.05) is 0 Å². The van der Waals surface area contributed by atoms with Crippen molar-refractivity contribution in [3.05, 3.63) is 63.3 Å². The monoisotopic (exact) mass is 342 g/mol. The summed E-state index contributed by atoms with van der Waals surface area (Å²) in [5.74, 6) is 0.0709. The fraction of sp³-hybridized carbons (Fsp3) is 0.389. The molecule has 25 heavy (non-hydrogen) atoms. The van der Waals surface area contributed by atoms with Crippen LogP contribution in [0.3, 0.4) is 0 Å². The second-order valence-electron chi connectivity index (χ2n) is 6.61. The van der Waals surface area contributed by atoms with Gasteiger partial charge in [0.2, 0.25) is 5.65 Å². The van der Waals surface area contributed by atoms with Crippen LogP contribution in [0.1, 0.15) is 32.1 Å². The van der Waals surface area contributed by atoms with E-state index in [1.165, 1.54) is 69.6 Å². The number of rotatable bonds is 3. The average Bonchev–Trinajstić information content (AvgIpc) is 2.94. The highest BCUT2D eigenvalue weighted by molar-refractivity contribution is 5.39. The van der Waals surface area contributed by atoms with Gasteiger partial charge in [-0.3, -0.25) is 9.36 Å². The minimum atomic E-state index is -0.395. The Hall–Kier alpha value is -2.70. The molecule has 1 fully saturated rings. The van der Waals surface area contributed by atoms with E-state index in [1.807, 2.05) is 0 Å². The summed E-state index contributed by atoms with van der Waals surface area (Å²) in [6, 6.07) is 5.62. The largest absolute Gasteiger partial charge is 0.350 e. The molecule has 7 heteroatoms. The first-order chi connectivity index (χ1) is 12.1. The predicted molar refractivity (Wildman–Crippen MR) is 91.6 cm³/mol. The van der Waals surface area contributed by atoms with Crippen molar-refractivity contribution in [2.45, 2.75) is 38.6 Å². The summed E-state index contributed by atoms with van der Waals surface area (Å²) in [5, 5.41) is 4.27. The Morgan fingerprint density at radius 1 is 1.04 bits per heavy atom. The van der Waals surface area contributed by atoms with E-state index in [1.54, 1.807) is 0 Å². The predicted octanol–water partition coefficient (Wildman–Crippen LogP) is 2.37. The Balaban J connectivity index is 1.75. The smallest absolute Gasteiger partial charge is 0.280 e. The van der Waals surface area contributed by atoms with Crippen LogP contribution in [0.4, 0.5) is 4.39 Å². The van der Waals surface area contributed by atoms with Crippen molar-refractivity contribution in [1.82, 2.24) is 18.7 Å². The molecule has 0 amide bonds. The van der Waals surface area contributed by atoms with Crippen LogP contribution in [0.25, 0.3) is 11.3 Å². The highest BCUT2D eigenvalue weighted by Crippen LogP contribution is 2.24. The Morgan fingerprint density at radius 2 is 1.76 bits per heavy atom. The molecule has 4 rings (SSSR count). The molecule has 2 heterocycles. The molecule has 1 saturated carbocycles. The van der Waals surface area contributed by atoms with Crippen LogP contribution < -0.4 is 11.2 Å². The fourth-order valence-corrected chi connectivity index (χ4v) is 3.55. The molecule has 1 aliphatic rings. The zero-order valence-corrected chi connectivity index (χ0v) is 13.8. The van der Waals surface area contributed by atoms with E-state index >= 15 is 0 Å². The first kappa shape index (κ1) is 15.8. The molecule has 3 aromatic rings. The number of nitrogens with zero attached hydrogens (tertiary/aromatic N) is 4. The minimum Gasteiger partial charge on any atom is -0.280 e. The number of halogens is 1.